The predicted molar refractivity (Wildman–Crippen MR) is 112 cm³/mol. The molecule has 1 heterocycles. The van der Waals surface area contributed by atoms with Crippen molar-refractivity contribution in [2.75, 3.05) is 18.8 Å². The number of unbranched alkanes of at least 4 members (excludes halogenated alkanes) is 2. The number of thiazole rings is 1. The number of hydrogen-bond donors (Lipinski definition) is 3. The van der Waals surface area contributed by atoms with Crippen molar-refractivity contribution in [3.63, 3.8) is 0 Å². The topological polar surface area (TPSA) is 82.6 Å². The molecule has 0 bridgehead atoms. The minimum absolute atomic E-state index is 0.0259. The van der Waals surface area contributed by atoms with E-state index < -0.39 is 0 Å². The van der Waals surface area contributed by atoms with Gasteiger partial charge in [-0.1, -0.05) is 19.4 Å². The van der Waals surface area contributed by atoms with E-state index >= 15 is 0 Å². The second-order valence-electron chi connectivity index (χ2n) is 7.49. The van der Waals surface area contributed by atoms with E-state index in [2.05, 4.69) is 16.8 Å². The molecular formula is C21H31N3O2S. The van der Waals surface area contributed by atoms with E-state index in [1.165, 1.54) is 36.3 Å². The zero-order valence-corrected chi connectivity index (χ0v) is 17.0. The van der Waals surface area contributed by atoms with Crippen molar-refractivity contribution in [3.05, 3.63) is 34.3 Å². The number of nitrogens with two attached hydrogens (primary N) is 1. The third-order valence-electron chi connectivity index (χ3n) is 5.41. The Labute approximate surface area is 165 Å². The summed E-state index contributed by atoms with van der Waals surface area (Å²) in [5, 5.41) is 19.7. The van der Waals surface area contributed by atoms with Gasteiger partial charge in [0.1, 0.15) is 0 Å². The van der Waals surface area contributed by atoms with E-state index in [1.807, 2.05) is 6.07 Å². The van der Waals surface area contributed by atoms with Crippen LogP contribution in [0.3, 0.4) is 0 Å². The molecule has 0 saturated carbocycles. The quantitative estimate of drug-likeness (QED) is 0.444. The summed E-state index contributed by atoms with van der Waals surface area (Å²) in [6.07, 6.45) is 8.92. The Morgan fingerprint density at radius 3 is 2.81 bits per heavy atom. The van der Waals surface area contributed by atoms with E-state index in [0.29, 0.717) is 11.2 Å². The average Bonchev–Trinajstić information content (AvgIpc) is 3.02. The first kappa shape index (κ1) is 20.0. The number of nitrogens with zero attached hydrogens (tertiary/aromatic N) is 2. The maximum absolute atomic E-state index is 9.58. The largest absolute Gasteiger partial charge is 0.504 e. The Kier molecular flexibility index (Phi) is 6.96. The summed E-state index contributed by atoms with van der Waals surface area (Å²) in [7, 11) is 0. The van der Waals surface area contributed by atoms with E-state index in [4.69, 9.17) is 5.73 Å². The molecule has 148 valence electrons. The fraction of sp³-hybridized carbons (Fsp3) is 0.571. The summed E-state index contributed by atoms with van der Waals surface area (Å²) in [5.41, 5.74) is 8.19. The van der Waals surface area contributed by atoms with Gasteiger partial charge in [0.15, 0.2) is 16.6 Å². The summed E-state index contributed by atoms with van der Waals surface area (Å²) in [4.78, 5) is 8.51. The zero-order chi connectivity index (χ0) is 19.2. The number of anilines is 1. The highest BCUT2D eigenvalue weighted by Gasteiger charge is 2.26. The predicted octanol–water partition coefficient (Wildman–Crippen LogP) is 4.12. The van der Waals surface area contributed by atoms with E-state index in [1.54, 1.807) is 23.5 Å². The smallest absolute Gasteiger partial charge is 0.180 e. The summed E-state index contributed by atoms with van der Waals surface area (Å²) >= 11 is 1.66. The minimum Gasteiger partial charge on any atom is -0.504 e. The fourth-order valence-electron chi connectivity index (χ4n) is 4.00. The van der Waals surface area contributed by atoms with Gasteiger partial charge in [-0.15, -0.1) is 11.3 Å². The van der Waals surface area contributed by atoms with Gasteiger partial charge in [0, 0.05) is 10.9 Å². The molecule has 1 aliphatic rings. The molecule has 3 rings (SSSR count). The molecule has 1 aromatic heterocycles. The first-order chi connectivity index (χ1) is 13.1. The molecule has 4 N–H and O–H groups in total. The van der Waals surface area contributed by atoms with Gasteiger partial charge in [-0.3, -0.25) is 0 Å². The molecule has 0 amide bonds. The van der Waals surface area contributed by atoms with Crippen LogP contribution in [-0.4, -0.2) is 39.2 Å². The van der Waals surface area contributed by atoms with E-state index in [9.17, 15) is 10.2 Å². The van der Waals surface area contributed by atoms with Crippen molar-refractivity contribution in [2.45, 2.75) is 64.3 Å². The molecule has 1 atom stereocenters. The monoisotopic (exact) mass is 389 g/mol. The van der Waals surface area contributed by atoms with Crippen LogP contribution in [0.25, 0.3) is 0 Å². The Hall–Kier alpha value is -1.79. The lowest BCUT2D eigenvalue weighted by molar-refractivity contribution is 0.176. The van der Waals surface area contributed by atoms with Crippen molar-refractivity contribution < 1.29 is 10.2 Å². The van der Waals surface area contributed by atoms with Crippen molar-refractivity contribution in [1.29, 1.82) is 0 Å². The number of aromatic hydroxyl groups is 2. The number of phenolic OH excluding ortho intramolecular Hbond substituents is 2. The number of aryl methyl sites for hydroxylation is 2. The number of hydrogen-bond acceptors (Lipinski definition) is 6. The minimum atomic E-state index is -0.0488. The highest BCUT2D eigenvalue weighted by Crippen LogP contribution is 2.30. The molecule has 5 nitrogen and oxygen atoms in total. The first-order valence-corrected chi connectivity index (χ1v) is 10.9. The van der Waals surface area contributed by atoms with Gasteiger partial charge < -0.3 is 20.8 Å². The lowest BCUT2D eigenvalue weighted by atomic mass is 9.95. The molecule has 0 saturated heterocycles. The van der Waals surface area contributed by atoms with Gasteiger partial charge in [0.25, 0.3) is 0 Å². The van der Waals surface area contributed by atoms with Crippen molar-refractivity contribution >= 4 is 16.5 Å². The lowest BCUT2D eigenvalue weighted by Crippen LogP contribution is -2.40. The van der Waals surface area contributed by atoms with Crippen LogP contribution >= 0.6 is 11.3 Å². The molecule has 1 aliphatic carbocycles. The van der Waals surface area contributed by atoms with Crippen LogP contribution in [0.4, 0.5) is 5.13 Å². The number of phenols is 2. The molecule has 1 unspecified atom stereocenters. The number of rotatable bonds is 9. The summed E-state index contributed by atoms with van der Waals surface area (Å²) in [6.45, 7) is 4.55. The molecule has 0 spiro atoms. The zero-order valence-electron chi connectivity index (χ0n) is 16.2. The highest BCUT2D eigenvalue weighted by molar-refractivity contribution is 7.15. The molecule has 27 heavy (non-hydrogen) atoms. The molecule has 2 aromatic rings. The van der Waals surface area contributed by atoms with E-state index in [-0.39, 0.29) is 11.5 Å². The van der Waals surface area contributed by atoms with Crippen LogP contribution in [0.5, 0.6) is 11.5 Å². The van der Waals surface area contributed by atoms with E-state index in [0.717, 1.165) is 44.3 Å². The fourth-order valence-corrected chi connectivity index (χ4v) is 4.95. The van der Waals surface area contributed by atoms with Gasteiger partial charge in [-0.05, 0) is 75.7 Å². The summed E-state index contributed by atoms with van der Waals surface area (Å²) in [5.74, 6) is -0.0747. The molecular weight excluding hydrogens is 358 g/mol. The molecule has 1 aromatic carbocycles. The van der Waals surface area contributed by atoms with Crippen molar-refractivity contribution in [2.24, 2.45) is 0 Å². The maximum atomic E-state index is 9.58. The SMILES string of the molecule is CCCN(CCCCCc1ccc(O)c(O)c1)C1CCc2nc(N)sc2C1. The third kappa shape index (κ3) is 5.36. The Morgan fingerprint density at radius 1 is 1.19 bits per heavy atom. The lowest BCUT2D eigenvalue weighted by Gasteiger charge is -2.33. The molecule has 6 heteroatoms. The van der Waals surface area contributed by atoms with Crippen LogP contribution in [0.2, 0.25) is 0 Å². The molecule has 0 aliphatic heterocycles. The molecule has 0 radical (unpaired) electrons. The average molecular weight is 390 g/mol. The maximum Gasteiger partial charge on any atom is 0.180 e. The Bertz CT molecular complexity index is 747. The second-order valence-corrected chi connectivity index (χ2v) is 8.60. The van der Waals surface area contributed by atoms with Crippen LogP contribution in [-0.2, 0) is 19.3 Å². The summed E-state index contributed by atoms with van der Waals surface area (Å²) < 4.78 is 0. The highest BCUT2D eigenvalue weighted by atomic mass is 32.1. The second kappa shape index (κ2) is 9.42. The first-order valence-electron chi connectivity index (χ1n) is 10.1. The third-order valence-corrected chi connectivity index (χ3v) is 6.36. The van der Waals surface area contributed by atoms with Gasteiger partial charge in [-0.25, -0.2) is 4.98 Å². The number of benzene rings is 1. The van der Waals surface area contributed by atoms with Crippen LogP contribution < -0.4 is 5.73 Å². The van der Waals surface area contributed by atoms with Crippen LogP contribution in [0.15, 0.2) is 18.2 Å². The van der Waals surface area contributed by atoms with Crippen LogP contribution in [0.1, 0.15) is 55.2 Å². The van der Waals surface area contributed by atoms with Gasteiger partial charge in [0.05, 0.1) is 5.69 Å². The number of aromatic nitrogens is 1. The summed E-state index contributed by atoms with van der Waals surface area (Å²) in [6, 6.07) is 5.74. The Balaban J connectivity index is 1.44. The van der Waals surface area contributed by atoms with Crippen molar-refractivity contribution in [1.82, 2.24) is 9.88 Å². The molecule has 0 fully saturated rings. The van der Waals surface area contributed by atoms with Crippen LogP contribution in [0, 0.1) is 0 Å². The van der Waals surface area contributed by atoms with Gasteiger partial charge >= 0.3 is 0 Å². The standard InChI is InChI=1S/C21H31N3O2S/c1-2-11-24(16-8-9-17-20(14-16)27-21(22)23-17)12-5-3-4-6-15-7-10-18(25)19(26)13-15/h7,10,13,16,25-26H,2-6,8-9,11-12,14H2,1H3,(H2,22,23). The van der Waals surface area contributed by atoms with Gasteiger partial charge in [-0.2, -0.15) is 0 Å². The van der Waals surface area contributed by atoms with Gasteiger partial charge in [0.2, 0.25) is 0 Å². The Morgan fingerprint density at radius 2 is 2.04 bits per heavy atom. The van der Waals surface area contributed by atoms with Crippen molar-refractivity contribution in [3.8, 4) is 11.5 Å². The number of nitrogen functional groups attached to an aromatic ring is 1. The normalized spacial score (nSPS) is 16.6. The number of fused-ring (bicyclic) bond motifs is 1.